The number of hydrogen-bond donors (Lipinski definition) is 1. The molecule has 2 unspecified atom stereocenters. The van der Waals surface area contributed by atoms with Crippen LogP contribution in [0.4, 0.5) is 0 Å². The van der Waals surface area contributed by atoms with Crippen LogP contribution in [0.2, 0.25) is 0 Å². The Bertz CT molecular complexity index is 285. The molecule has 1 aromatic rings. The number of thiophene rings is 1. The average molecular weight is 227 g/mol. The lowest BCUT2D eigenvalue weighted by Gasteiger charge is -2.25. The number of likely N-dealkylation sites (N-methyl/N-ethyl adjacent to an activating group) is 1. The molecule has 0 amide bonds. The van der Waals surface area contributed by atoms with Gasteiger partial charge in [0.1, 0.15) is 0 Å². The highest BCUT2D eigenvalue weighted by Crippen LogP contribution is 2.27. The zero-order chi connectivity index (χ0) is 11.3. The zero-order valence-corrected chi connectivity index (χ0v) is 10.9. The molecule has 15 heavy (non-hydrogen) atoms. The predicted molar refractivity (Wildman–Crippen MR) is 66.6 cm³/mol. The maximum Gasteiger partial charge on any atom is 0.0766 e. The third-order valence-corrected chi connectivity index (χ3v) is 3.65. The summed E-state index contributed by atoms with van der Waals surface area (Å²) in [5.41, 5.74) is 1.38. The van der Waals surface area contributed by atoms with Crippen molar-refractivity contribution in [3.63, 3.8) is 0 Å². The second-order valence-corrected chi connectivity index (χ2v) is 4.88. The van der Waals surface area contributed by atoms with Gasteiger partial charge in [0.2, 0.25) is 0 Å². The van der Waals surface area contributed by atoms with E-state index >= 15 is 0 Å². The quantitative estimate of drug-likeness (QED) is 0.806. The largest absolute Gasteiger partial charge is 0.379 e. The molecule has 0 radical (unpaired) electrons. The average Bonchev–Trinajstić information content (AvgIpc) is 2.65. The van der Waals surface area contributed by atoms with Crippen LogP contribution >= 0.6 is 11.3 Å². The van der Waals surface area contributed by atoms with Crippen molar-refractivity contribution in [2.24, 2.45) is 0 Å². The lowest BCUT2D eigenvalue weighted by atomic mass is 9.99. The van der Waals surface area contributed by atoms with Gasteiger partial charge >= 0.3 is 0 Å². The highest BCUT2D eigenvalue weighted by Gasteiger charge is 2.22. The van der Waals surface area contributed by atoms with Crippen molar-refractivity contribution in [1.29, 1.82) is 0 Å². The first kappa shape index (κ1) is 12.7. The number of hydrogen-bond acceptors (Lipinski definition) is 3. The molecule has 3 heteroatoms. The van der Waals surface area contributed by atoms with Crippen molar-refractivity contribution in [3.05, 3.63) is 21.9 Å². The van der Waals surface area contributed by atoms with E-state index in [0.29, 0.717) is 6.04 Å². The Morgan fingerprint density at radius 3 is 2.67 bits per heavy atom. The van der Waals surface area contributed by atoms with Crippen molar-refractivity contribution in [1.82, 2.24) is 5.32 Å². The molecule has 0 aliphatic carbocycles. The van der Waals surface area contributed by atoms with Crippen LogP contribution in [0.25, 0.3) is 0 Å². The molecular formula is C12H21NOS. The Morgan fingerprint density at radius 2 is 2.27 bits per heavy atom. The fourth-order valence-corrected chi connectivity index (χ4v) is 2.71. The normalized spacial score (nSPS) is 15.2. The Morgan fingerprint density at radius 1 is 1.53 bits per heavy atom. The van der Waals surface area contributed by atoms with Gasteiger partial charge < -0.3 is 10.1 Å². The number of nitrogens with one attached hydrogen (secondary N) is 1. The van der Waals surface area contributed by atoms with Crippen LogP contribution in [0.15, 0.2) is 11.4 Å². The minimum absolute atomic E-state index is 0.272. The van der Waals surface area contributed by atoms with Crippen molar-refractivity contribution >= 4 is 11.3 Å². The van der Waals surface area contributed by atoms with Crippen LogP contribution < -0.4 is 5.32 Å². The third-order valence-electron chi connectivity index (χ3n) is 2.79. The number of aryl methyl sites for hydroxylation is 1. The van der Waals surface area contributed by atoms with E-state index < -0.39 is 0 Å². The van der Waals surface area contributed by atoms with Gasteiger partial charge in [-0.2, -0.15) is 0 Å². The molecule has 0 saturated heterocycles. The van der Waals surface area contributed by atoms with Crippen LogP contribution in [0.5, 0.6) is 0 Å². The monoisotopic (exact) mass is 227 g/mol. The molecule has 1 heterocycles. The first-order chi connectivity index (χ1) is 7.24. The molecule has 1 aromatic heterocycles. The fraction of sp³-hybridized carbons (Fsp3) is 0.667. The topological polar surface area (TPSA) is 21.3 Å². The van der Waals surface area contributed by atoms with E-state index in [2.05, 4.69) is 30.6 Å². The van der Waals surface area contributed by atoms with Gasteiger partial charge in [-0.05, 0) is 37.4 Å². The summed E-state index contributed by atoms with van der Waals surface area (Å²) in [6, 6.07) is 2.52. The molecule has 0 saturated carbocycles. The second-order valence-electron chi connectivity index (χ2n) is 3.76. The van der Waals surface area contributed by atoms with Gasteiger partial charge in [-0.15, -0.1) is 11.3 Å². The SMILES string of the molecule is CCCC(OC)C(NC)c1ccsc1C. The lowest BCUT2D eigenvalue weighted by molar-refractivity contribution is 0.0630. The zero-order valence-electron chi connectivity index (χ0n) is 10.0. The summed E-state index contributed by atoms with van der Waals surface area (Å²) in [6.45, 7) is 4.36. The fourth-order valence-electron chi connectivity index (χ4n) is 1.96. The molecule has 0 aliphatic heterocycles. The minimum atomic E-state index is 0.272. The van der Waals surface area contributed by atoms with Crippen molar-refractivity contribution in [3.8, 4) is 0 Å². The minimum Gasteiger partial charge on any atom is -0.379 e. The standard InChI is InChI=1S/C12H21NOS/c1-5-6-11(14-4)12(13-3)10-7-8-15-9(10)2/h7-8,11-13H,5-6H2,1-4H3. The van der Waals surface area contributed by atoms with Gasteiger partial charge in [-0.25, -0.2) is 0 Å². The van der Waals surface area contributed by atoms with Gasteiger partial charge in [0.05, 0.1) is 12.1 Å². The van der Waals surface area contributed by atoms with Crippen LogP contribution in [0.1, 0.15) is 36.2 Å². The van der Waals surface area contributed by atoms with E-state index in [1.165, 1.54) is 10.4 Å². The van der Waals surface area contributed by atoms with Gasteiger partial charge in [-0.1, -0.05) is 13.3 Å². The molecule has 0 bridgehead atoms. The molecule has 2 nitrogen and oxygen atoms in total. The summed E-state index contributed by atoms with van der Waals surface area (Å²) in [7, 11) is 3.80. The van der Waals surface area contributed by atoms with E-state index in [9.17, 15) is 0 Å². The summed E-state index contributed by atoms with van der Waals surface area (Å²) >= 11 is 1.80. The molecule has 0 spiro atoms. The van der Waals surface area contributed by atoms with E-state index in [-0.39, 0.29) is 6.10 Å². The lowest BCUT2D eigenvalue weighted by Crippen LogP contribution is -2.31. The van der Waals surface area contributed by atoms with Crippen molar-refractivity contribution in [2.45, 2.75) is 38.8 Å². The first-order valence-corrected chi connectivity index (χ1v) is 6.36. The number of rotatable bonds is 6. The Kier molecular flexibility index (Phi) is 5.29. The smallest absolute Gasteiger partial charge is 0.0766 e. The Hall–Kier alpha value is -0.380. The van der Waals surface area contributed by atoms with E-state index in [4.69, 9.17) is 4.74 Å². The predicted octanol–water partition coefficient (Wildman–Crippen LogP) is 3.13. The third kappa shape index (κ3) is 3.03. The van der Waals surface area contributed by atoms with Gasteiger partial charge in [0, 0.05) is 12.0 Å². The molecule has 0 aromatic carbocycles. The molecule has 1 rings (SSSR count). The van der Waals surface area contributed by atoms with E-state index in [0.717, 1.165) is 12.8 Å². The van der Waals surface area contributed by atoms with Crippen molar-refractivity contribution < 1.29 is 4.74 Å². The Balaban J connectivity index is 2.82. The maximum absolute atomic E-state index is 5.56. The van der Waals surface area contributed by atoms with Crippen molar-refractivity contribution in [2.75, 3.05) is 14.2 Å². The molecule has 2 atom stereocenters. The van der Waals surface area contributed by atoms with Gasteiger partial charge in [0.15, 0.2) is 0 Å². The maximum atomic E-state index is 5.56. The first-order valence-electron chi connectivity index (χ1n) is 5.48. The second kappa shape index (κ2) is 6.26. The summed E-state index contributed by atoms with van der Waals surface area (Å²) in [6.07, 6.45) is 2.52. The Labute approximate surface area is 96.7 Å². The highest BCUT2D eigenvalue weighted by molar-refractivity contribution is 7.10. The van der Waals surface area contributed by atoms with Crippen LogP contribution in [-0.2, 0) is 4.74 Å². The van der Waals surface area contributed by atoms with E-state index in [1.807, 2.05) is 7.05 Å². The summed E-state index contributed by atoms with van der Waals surface area (Å²) in [4.78, 5) is 1.38. The van der Waals surface area contributed by atoms with E-state index in [1.54, 1.807) is 18.4 Å². The van der Waals surface area contributed by atoms with Gasteiger partial charge in [-0.3, -0.25) is 0 Å². The molecule has 1 N–H and O–H groups in total. The highest BCUT2D eigenvalue weighted by atomic mass is 32.1. The number of ether oxygens (including phenoxy) is 1. The molecule has 0 fully saturated rings. The summed E-state index contributed by atoms with van der Waals surface area (Å²) in [5.74, 6) is 0. The number of methoxy groups -OCH3 is 1. The van der Waals surface area contributed by atoms with Crippen LogP contribution in [0.3, 0.4) is 0 Å². The summed E-state index contributed by atoms with van der Waals surface area (Å²) < 4.78 is 5.56. The van der Waals surface area contributed by atoms with Gasteiger partial charge in [0.25, 0.3) is 0 Å². The molecule has 86 valence electrons. The molecule has 0 aliphatic rings. The van der Waals surface area contributed by atoms with Crippen LogP contribution in [0, 0.1) is 6.92 Å². The van der Waals surface area contributed by atoms with Crippen LogP contribution in [-0.4, -0.2) is 20.3 Å². The summed E-state index contributed by atoms with van der Waals surface area (Å²) in [5, 5.41) is 5.51. The molecular weight excluding hydrogens is 206 g/mol.